The molecule has 3 heterocycles. The van der Waals surface area contributed by atoms with Crippen LogP contribution in [0.5, 0.6) is 11.6 Å². The SMILES string of the molecule is CCOC(=O)c1cn2c(cc1=O)-c1nc(OC)c(OCC3CC3)cc1C[C@@H]2C(C)(C)C. The Balaban J connectivity index is 1.85. The molecular formula is C24H30N2O5. The van der Waals surface area contributed by atoms with E-state index in [0.717, 1.165) is 5.56 Å². The lowest BCUT2D eigenvalue weighted by molar-refractivity contribution is 0.0523. The van der Waals surface area contributed by atoms with Gasteiger partial charge in [0.05, 0.1) is 31.7 Å². The van der Waals surface area contributed by atoms with Gasteiger partial charge in [0, 0.05) is 18.3 Å². The van der Waals surface area contributed by atoms with Gasteiger partial charge in [-0.1, -0.05) is 20.8 Å². The Kier molecular flexibility index (Phi) is 5.54. The lowest BCUT2D eigenvalue weighted by atomic mass is 9.80. The van der Waals surface area contributed by atoms with Gasteiger partial charge < -0.3 is 18.8 Å². The van der Waals surface area contributed by atoms with E-state index < -0.39 is 5.97 Å². The van der Waals surface area contributed by atoms with Crippen LogP contribution in [0.3, 0.4) is 0 Å². The largest absolute Gasteiger partial charge is 0.488 e. The minimum atomic E-state index is -0.601. The Hall–Kier alpha value is -2.83. The number of hydrogen-bond acceptors (Lipinski definition) is 6. The summed E-state index contributed by atoms with van der Waals surface area (Å²) in [5, 5.41) is 0. The molecule has 0 bridgehead atoms. The molecule has 7 heteroatoms. The summed E-state index contributed by atoms with van der Waals surface area (Å²) in [5.41, 5.74) is 1.91. The fourth-order valence-corrected chi connectivity index (χ4v) is 4.03. The van der Waals surface area contributed by atoms with Gasteiger partial charge in [0.2, 0.25) is 0 Å². The molecule has 0 saturated heterocycles. The zero-order chi connectivity index (χ0) is 22.3. The molecule has 2 aliphatic rings. The molecule has 7 nitrogen and oxygen atoms in total. The third-order valence-electron chi connectivity index (χ3n) is 5.96. The number of methoxy groups -OCH3 is 1. The van der Waals surface area contributed by atoms with Crippen molar-refractivity contribution in [2.24, 2.45) is 11.3 Å². The standard InChI is InChI=1S/C24H30N2O5/c1-6-30-23(28)16-12-26-17(11-18(16)27)21-15(10-20(26)24(2,3)4)9-19(22(25-21)29-5)31-13-14-7-8-14/h9,11-12,14,20H,6-8,10,13H2,1-5H3/t20-/m1/s1. The van der Waals surface area contributed by atoms with Gasteiger partial charge in [0.1, 0.15) is 5.56 Å². The molecule has 31 heavy (non-hydrogen) atoms. The number of hydrogen-bond donors (Lipinski definition) is 0. The van der Waals surface area contributed by atoms with Gasteiger partial charge in [-0.25, -0.2) is 9.78 Å². The topological polar surface area (TPSA) is 79.7 Å². The fourth-order valence-electron chi connectivity index (χ4n) is 4.03. The number of carbonyl (C=O) groups excluding carboxylic acids is 1. The number of esters is 1. The number of nitrogens with zero attached hydrogens (tertiary/aromatic N) is 2. The third-order valence-corrected chi connectivity index (χ3v) is 5.96. The molecule has 1 aliphatic heterocycles. The van der Waals surface area contributed by atoms with E-state index in [4.69, 9.17) is 19.2 Å². The average molecular weight is 427 g/mol. The summed E-state index contributed by atoms with van der Waals surface area (Å²) < 4.78 is 18.6. The number of ether oxygens (including phenoxy) is 3. The van der Waals surface area contributed by atoms with E-state index >= 15 is 0 Å². The first-order valence-electron chi connectivity index (χ1n) is 10.9. The van der Waals surface area contributed by atoms with Crippen LogP contribution in [-0.4, -0.2) is 35.8 Å². The van der Waals surface area contributed by atoms with Crippen molar-refractivity contribution in [1.82, 2.24) is 9.55 Å². The van der Waals surface area contributed by atoms with Crippen LogP contribution in [0.1, 0.15) is 62.5 Å². The van der Waals surface area contributed by atoms with Crippen molar-refractivity contribution >= 4 is 5.97 Å². The van der Waals surface area contributed by atoms with Gasteiger partial charge in [0.25, 0.3) is 5.88 Å². The smallest absolute Gasteiger partial charge is 0.343 e. The predicted molar refractivity (Wildman–Crippen MR) is 117 cm³/mol. The molecule has 2 aromatic rings. The number of fused-ring (bicyclic) bond motifs is 3. The highest BCUT2D eigenvalue weighted by Gasteiger charge is 2.35. The molecule has 1 saturated carbocycles. The normalized spacial score (nSPS) is 17.5. The molecule has 0 amide bonds. The maximum absolute atomic E-state index is 12.8. The number of pyridine rings is 2. The maximum atomic E-state index is 12.8. The van der Waals surface area contributed by atoms with E-state index in [-0.39, 0.29) is 29.1 Å². The van der Waals surface area contributed by atoms with Crippen molar-refractivity contribution in [3.05, 3.63) is 39.7 Å². The summed E-state index contributed by atoms with van der Waals surface area (Å²) in [5.74, 6) is 1.06. The van der Waals surface area contributed by atoms with Crippen molar-refractivity contribution in [3.63, 3.8) is 0 Å². The van der Waals surface area contributed by atoms with Crippen LogP contribution in [-0.2, 0) is 11.2 Å². The number of rotatable bonds is 6. The van der Waals surface area contributed by atoms with Crippen molar-refractivity contribution < 1.29 is 19.0 Å². The van der Waals surface area contributed by atoms with Crippen molar-refractivity contribution in [3.8, 4) is 23.0 Å². The molecule has 1 fully saturated rings. The monoisotopic (exact) mass is 426 g/mol. The highest BCUT2D eigenvalue weighted by molar-refractivity contribution is 5.89. The number of aromatic nitrogens is 2. The first-order chi connectivity index (χ1) is 14.7. The van der Waals surface area contributed by atoms with Crippen LogP contribution in [0.2, 0.25) is 0 Å². The molecule has 0 unspecified atom stereocenters. The van der Waals surface area contributed by atoms with Crippen LogP contribution in [0, 0.1) is 11.3 Å². The molecule has 1 aliphatic carbocycles. The van der Waals surface area contributed by atoms with E-state index in [2.05, 4.69) is 20.8 Å². The first-order valence-corrected chi connectivity index (χ1v) is 10.9. The summed E-state index contributed by atoms with van der Waals surface area (Å²) in [4.78, 5) is 29.8. The van der Waals surface area contributed by atoms with Crippen molar-refractivity contribution in [1.29, 1.82) is 0 Å². The zero-order valence-corrected chi connectivity index (χ0v) is 18.9. The molecule has 0 N–H and O–H groups in total. The molecule has 0 radical (unpaired) electrons. The third kappa shape index (κ3) is 4.18. The Morgan fingerprint density at radius 2 is 2.00 bits per heavy atom. The molecule has 0 spiro atoms. The Morgan fingerprint density at radius 3 is 2.61 bits per heavy atom. The average Bonchev–Trinajstić information content (AvgIpc) is 3.54. The molecule has 2 aromatic heterocycles. The van der Waals surface area contributed by atoms with E-state index in [1.807, 2.05) is 10.6 Å². The van der Waals surface area contributed by atoms with Crippen LogP contribution >= 0.6 is 0 Å². The van der Waals surface area contributed by atoms with E-state index in [1.54, 1.807) is 20.2 Å². The van der Waals surface area contributed by atoms with Crippen LogP contribution < -0.4 is 14.9 Å². The van der Waals surface area contributed by atoms with Gasteiger partial charge in [-0.3, -0.25) is 4.79 Å². The second kappa shape index (κ2) is 8.02. The van der Waals surface area contributed by atoms with E-state index in [0.29, 0.717) is 42.0 Å². The van der Waals surface area contributed by atoms with Gasteiger partial charge in [-0.2, -0.15) is 0 Å². The van der Waals surface area contributed by atoms with Gasteiger partial charge in [0.15, 0.2) is 11.2 Å². The minimum Gasteiger partial charge on any atom is -0.488 e. The fraction of sp³-hybridized carbons (Fsp3) is 0.542. The highest BCUT2D eigenvalue weighted by atomic mass is 16.5. The van der Waals surface area contributed by atoms with Crippen LogP contribution in [0.15, 0.2) is 23.1 Å². The second-order valence-corrected chi connectivity index (χ2v) is 9.41. The molecular weight excluding hydrogens is 396 g/mol. The molecule has 0 aromatic carbocycles. The van der Waals surface area contributed by atoms with E-state index in [9.17, 15) is 9.59 Å². The van der Waals surface area contributed by atoms with Gasteiger partial charge in [-0.05, 0) is 49.1 Å². The summed E-state index contributed by atoms with van der Waals surface area (Å²) in [7, 11) is 1.57. The van der Waals surface area contributed by atoms with Crippen molar-refractivity contribution in [2.75, 3.05) is 20.3 Å². The summed E-state index contributed by atoms with van der Waals surface area (Å²) in [6.45, 7) is 9.05. The maximum Gasteiger partial charge on any atom is 0.343 e. The molecule has 166 valence electrons. The quantitative estimate of drug-likeness (QED) is 0.649. The lowest BCUT2D eigenvalue weighted by Crippen LogP contribution is -2.33. The summed E-state index contributed by atoms with van der Waals surface area (Å²) in [6.07, 6.45) is 4.73. The first kappa shape index (κ1) is 21.4. The van der Waals surface area contributed by atoms with Crippen LogP contribution in [0.25, 0.3) is 11.4 Å². The predicted octanol–water partition coefficient (Wildman–Crippen LogP) is 4.03. The number of carbonyl (C=O) groups is 1. The summed E-state index contributed by atoms with van der Waals surface area (Å²) in [6, 6.07) is 3.51. The lowest BCUT2D eigenvalue weighted by Gasteiger charge is -2.38. The second-order valence-electron chi connectivity index (χ2n) is 9.41. The van der Waals surface area contributed by atoms with Crippen molar-refractivity contribution in [2.45, 2.75) is 53.0 Å². The van der Waals surface area contributed by atoms with Gasteiger partial charge >= 0.3 is 5.97 Å². The van der Waals surface area contributed by atoms with E-state index in [1.165, 1.54) is 18.9 Å². The molecule has 4 rings (SSSR count). The molecule has 1 atom stereocenters. The minimum absolute atomic E-state index is 0.0234. The zero-order valence-electron chi connectivity index (χ0n) is 18.9. The van der Waals surface area contributed by atoms with Crippen LogP contribution in [0.4, 0.5) is 0 Å². The highest BCUT2D eigenvalue weighted by Crippen LogP contribution is 2.44. The van der Waals surface area contributed by atoms with Gasteiger partial charge in [-0.15, -0.1) is 0 Å². The Morgan fingerprint density at radius 1 is 1.26 bits per heavy atom. The Labute approximate surface area is 182 Å². The summed E-state index contributed by atoms with van der Waals surface area (Å²) >= 11 is 0. The Bertz CT molecular complexity index is 1060.